The van der Waals surface area contributed by atoms with E-state index in [0.717, 1.165) is 0 Å². The van der Waals surface area contributed by atoms with E-state index in [2.05, 4.69) is 40.0 Å². The van der Waals surface area contributed by atoms with Gasteiger partial charge in [-0.25, -0.2) is 0 Å². The minimum atomic E-state index is -1.31. The Hall–Kier alpha value is 0.394. The van der Waals surface area contributed by atoms with Crippen LogP contribution in [0.4, 0.5) is 0 Å². The van der Waals surface area contributed by atoms with Crippen LogP contribution < -0.4 is 0 Å². The van der Waals surface area contributed by atoms with Gasteiger partial charge in [-0.2, -0.15) is 0 Å². The lowest BCUT2D eigenvalue weighted by atomic mass is 10.6. The second-order valence-electron chi connectivity index (χ2n) is 5.12. The molecule has 0 amide bonds. The van der Waals surface area contributed by atoms with Crippen molar-refractivity contribution in [2.45, 2.75) is 65.0 Å². The van der Waals surface area contributed by atoms with Crippen LogP contribution in [-0.2, 0) is 4.12 Å². The first kappa shape index (κ1) is 13.4. The Morgan fingerprint density at radius 2 is 1.08 bits per heavy atom. The molecule has 80 valence electrons. The van der Waals surface area contributed by atoms with Crippen molar-refractivity contribution in [1.29, 1.82) is 0 Å². The van der Waals surface area contributed by atoms with Gasteiger partial charge in [-0.15, -0.1) is 0 Å². The van der Waals surface area contributed by atoms with E-state index in [1.165, 1.54) is 24.9 Å². The van der Waals surface area contributed by atoms with Gasteiger partial charge in [0.05, 0.1) is 0 Å². The average molecular weight is 218 g/mol. The molecular formula is C10H26OSi2. The molecule has 0 atom stereocenters. The summed E-state index contributed by atoms with van der Waals surface area (Å²) in [6, 6.07) is 2.63. The van der Waals surface area contributed by atoms with Gasteiger partial charge in [0, 0.05) is 0 Å². The van der Waals surface area contributed by atoms with Crippen LogP contribution in [0.25, 0.3) is 0 Å². The first-order valence-electron chi connectivity index (χ1n) is 5.53. The monoisotopic (exact) mass is 218 g/mol. The Morgan fingerprint density at radius 1 is 0.769 bits per heavy atom. The van der Waals surface area contributed by atoms with E-state index in [1.54, 1.807) is 0 Å². The summed E-state index contributed by atoms with van der Waals surface area (Å²) in [6.45, 7) is 14.0. The molecule has 0 saturated carbocycles. The van der Waals surface area contributed by atoms with E-state index in [1.807, 2.05) is 0 Å². The molecule has 0 aromatic rings. The summed E-state index contributed by atoms with van der Waals surface area (Å²) >= 11 is 0. The zero-order chi connectivity index (χ0) is 10.5. The zero-order valence-electron chi connectivity index (χ0n) is 10.2. The van der Waals surface area contributed by atoms with Crippen molar-refractivity contribution >= 4 is 16.6 Å². The molecule has 0 spiro atoms. The maximum atomic E-state index is 6.38. The maximum absolute atomic E-state index is 6.38. The minimum Gasteiger partial charge on any atom is -0.455 e. The highest BCUT2D eigenvalue weighted by molar-refractivity contribution is 6.84. The fraction of sp³-hybridized carbons (Fsp3) is 1.00. The van der Waals surface area contributed by atoms with Crippen molar-refractivity contribution in [3.8, 4) is 0 Å². The molecule has 0 fully saturated rings. The molecule has 0 N–H and O–H groups in total. The van der Waals surface area contributed by atoms with Crippen molar-refractivity contribution in [2.24, 2.45) is 0 Å². The van der Waals surface area contributed by atoms with Gasteiger partial charge in [0.2, 0.25) is 0 Å². The average Bonchev–Trinajstić information content (AvgIpc) is 1.82. The van der Waals surface area contributed by atoms with Crippen LogP contribution in [0.3, 0.4) is 0 Å². The van der Waals surface area contributed by atoms with Gasteiger partial charge in [-0.1, -0.05) is 26.7 Å². The molecular weight excluding hydrogens is 192 g/mol. The van der Waals surface area contributed by atoms with Gasteiger partial charge in [0.25, 0.3) is 0 Å². The van der Waals surface area contributed by atoms with E-state index in [-0.39, 0.29) is 0 Å². The molecule has 0 bridgehead atoms. The summed E-state index contributed by atoms with van der Waals surface area (Å²) in [6.07, 6.45) is 2.55. The van der Waals surface area contributed by atoms with Gasteiger partial charge in [0.15, 0.2) is 16.6 Å². The molecule has 0 aromatic carbocycles. The molecule has 0 unspecified atom stereocenters. The fourth-order valence-electron chi connectivity index (χ4n) is 2.05. The van der Waals surface area contributed by atoms with Gasteiger partial charge < -0.3 is 4.12 Å². The Kier molecular flexibility index (Phi) is 5.48. The van der Waals surface area contributed by atoms with Crippen LogP contribution in [0, 0.1) is 0 Å². The zero-order valence-corrected chi connectivity index (χ0v) is 12.2. The van der Waals surface area contributed by atoms with Crippen LogP contribution in [0.2, 0.25) is 38.3 Å². The highest BCUT2D eigenvalue weighted by Crippen LogP contribution is 2.23. The Labute approximate surface area is 86.1 Å². The van der Waals surface area contributed by atoms with E-state index in [9.17, 15) is 0 Å². The summed E-state index contributed by atoms with van der Waals surface area (Å²) in [5, 5.41) is 0. The van der Waals surface area contributed by atoms with Crippen LogP contribution in [0.5, 0.6) is 0 Å². The lowest BCUT2D eigenvalue weighted by Gasteiger charge is -2.33. The number of hydrogen-bond donors (Lipinski definition) is 0. The van der Waals surface area contributed by atoms with E-state index < -0.39 is 16.6 Å². The third kappa shape index (κ3) is 6.46. The molecule has 0 rings (SSSR count). The van der Waals surface area contributed by atoms with Gasteiger partial charge in [-0.3, -0.25) is 0 Å². The summed E-state index contributed by atoms with van der Waals surface area (Å²) in [7, 11) is -2.63. The van der Waals surface area contributed by atoms with E-state index in [4.69, 9.17) is 4.12 Å². The van der Waals surface area contributed by atoms with Crippen LogP contribution in [0.15, 0.2) is 0 Å². The SMILES string of the molecule is CCC[Si](C)(C)O[Si](C)(C)CCC. The van der Waals surface area contributed by atoms with Gasteiger partial charge in [0.1, 0.15) is 0 Å². The molecule has 0 heterocycles. The molecule has 0 radical (unpaired) electrons. The van der Waals surface area contributed by atoms with Crippen LogP contribution >= 0.6 is 0 Å². The van der Waals surface area contributed by atoms with E-state index in [0.29, 0.717) is 0 Å². The summed E-state index contributed by atoms with van der Waals surface area (Å²) in [5.74, 6) is 0. The van der Waals surface area contributed by atoms with Gasteiger partial charge >= 0.3 is 0 Å². The summed E-state index contributed by atoms with van der Waals surface area (Å²) in [4.78, 5) is 0. The second-order valence-corrected chi connectivity index (χ2v) is 14.0. The normalized spacial score (nSPS) is 13.4. The van der Waals surface area contributed by atoms with Crippen molar-refractivity contribution in [3.05, 3.63) is 0 Å². The van der Waals surface area contributed by atoms with Crippen molar-refractivity contribution < 1.29 is 4.12 Å². The topological polar surface area (TPSA) is 9.23 Å². The lowest BCUT2D eigenvalue weighted by molar-refractivity contribution is 0.534. The quantitative estimate of drug-likeness (QED) is 0.606. The van der Waals surface area contributed by atoms with Crippen LogP contribution in [0.1, 0.15) is 26.7 Å². The molecule has 0 saturated heterocycles. The molecule has 13 heavy (non-hydrogen) atoms. The maximum Gasteiger partial charge on any atom is 0.173 e. The molecule has 0 aromatic heterocycles. The number of rotatable bonds is 6. The molecule has 1 nitrogen and oxygen atoms in total. The van der Waals surface area contributed by atoms with Crippen molar-refractivity contribution in [2.75, 3.05) is 0 Å². The largest absolute Gasteiger partial charge is 0.455 e. The molecule has 0 aliphatic heterocycles. The molecule has 0 aliphatic carbocycles. The van der Waals surface area contributed by atoms with Crippen molar-refractivity contribution in [3.63, 3.8) is 0 Å². The summed E-state index contributed by atoms with van der Waals surface area (Å²) < 4.78 is 6.38. The van der Waals surface area contributed by atoms with E-state index >= 15 is 0 Å². The first-order valence-corrected chi connectivity index (χ1v) is 11.8. The smallest absolute Gasteiger partial charge is 0.173 e. The highest BCUT2D eigenvalue weighted by Gasteiger charge is 2.31. The number of hydrogen-bond acceptors (Lipinski definition) is 1. The molecule has 0 aliphatic rings. The molecule has 3 heteroatoms. The van der Waals surface area contributed by atoms with Crippen molar-refractivity contribution in [1.82, 2.24) is 0 Å². The minimum absolute atomic E-state index is 1.27. The Bertz CT molecular complexity index is 128. The Morgan fingerprint density at radius 3 is 1.31 bits per heavy atom. The lowest BCUT2D eigenvalue weighted by Crippen LogP contribution is -2.43. The first-order chi connectivity index (χ1) is 5.83. The predicted molar refractivity (Wildman–Crippen MR) is 66.2 cm³/mol. The standard InChI is InChI=1S/C10H26OSi2/c1-7-9-12(3,4)11-13(5,6)10-8-2/h7-10H2,1-6H3. The highest BCUT2D eigenvalue weighted by atomic mass is 28.4. The van der Waals surface area contributed by atoms with Crippen LogP contribution in [-0.4, -0.2) is 16.6 Å². The third-order valence-corrected chi connectivity index (χ3v) is 10.1. The predicted octanol–water partition coefficient (Wildman–Crippen LogP) is 4.23. The fourth-order valence-corrected chi connectivity index (χ4v) is 11.3. The Balaban J connectivity index is 4.07. The van der Waals surface area contributed by atoms with Gasteiger partial charge in [-0.05, 0) is 38.3 Å². The summed E-state index contributed by atoms with van der Waals surface area (Å²) in [5.41, 5.74) is 0. The second kappa shape index (κ2) is 5.32. The third-order valence-electron chi connectivity index (χ3n) is 2.26.